The number of carbonyl (C=O) groups is 2. The van der Waals surface area contributed by atoms with Crippen LogP contribution in [0.4, 0.5) is 0 Å². The smallest absolute Gasteiger partial charge is 0.303 e. The highest BCUT2D eigenvalue weighted by molar-refractivity contribution is 7.12. The van der Waals surface area contributed by atoms with E-state index in [9.17, 15) is 9.59 Å². The van der Waals surface area contributed by atoms with Gasteiger partial charge in [0.05, 0.1) is 4.88 Å². The second-order valence-corrected chi connectivity index (χ2v) is 4.81. The van der Waals surface area contributed by atoms with Crippen molar-refractivity contribution in [3.05, 3.63) is 21.9 Å². The first-order valence-electron chi connectivity index (χ1n) is 5.65. The van der Waals surface area contributed by atoms with Crippen LogP contribution >= 0.6 is 11.3 Å². The third-order valence-electron chi connectivity index (χ3n) is 2.42. The van der Waals surface area contributed by atoms with E-state index >= 15 is 0 Å². The van der Waals surface area contributed by atoms with Gasteiger partial charge in [0.1, 0.15) is 0 Å². The molecule has 17 heavy (non-hydrogen) atoms. The number of rotatable bonds is 7. The monoisotopic (exact) mass is 255 g/mol. The van der Waals surface area contributed by atoms with E-state index in [1.54, 1.807) is 0 Å². The normalized spacial score (nSPS) is 10.2. The Bertz CT molecular complexity index is 387. The number of unbranched alkanes of at least 4 members (excludes halogenated alkanes) is 2. The maximum Gasteiger partial charge on any atom is 0.303 e. The summed E-state index contributed by atoms with van der Waals surface area (Å²) in [5.74, 6) is -0.793. The van der Waals surface area contributed by atoms with Crippen molar-refractivity contribution >= 4 is 23.2 Å². The van der Waals surface area contributed by atoms with Gasteiger partial charge in [0.2, 0.25) is 0 Å². The molecule has 0 radical (unpaired) electrons. The Hall–Kier alpha value is -1.36. The zero-order valence-electron chi connectivity index (χ0n) is 9.86. The lowest BCUT2D eigenvalue weighted by Gasteiger charge is -2.03. The van der Waals surface area contributed by atoms with Crippen LogP contribution in [0.1, 0.15) is 40.9 Å². The maximum absolute atomic E-state index is 11.7. The van der Waals surface area contributed by atoms with E-state index in [1.807, 2.05) is 18.4 Å². The van der Waals surface area contributed by atoms with Crippen molar-refractivity contribution in [3.63, 3.8) is 0 Å². The van der Waals surface area contributed by atoms with Crippen LogP contribution in [0.3, 0.4) is 0 Å². The van der Waals surface area contributed by atoms with Crippen LogP contribution in [0.2, 0.25) is 0 Å². The maximum atomic E-state index is 11.7. The lowest BCUT2D eigenvalue weighted by atomic mass is 10.2. The molecule has 1 aromatic heterocycles. The van der Waals surface area contributed by atoms with E-state index < -0.39 is 5.97 Å². The molecule has 0 aliphatic carbocycles. The fourth-order valence-corrected chi connectivity index (χ4v) is 2.31. The van der Waals surface area contributed by atoms with Crippen molar-refractivity contribution < 1.29 is 14.7 Å². The van der Waals surface area contributed by atoms with Gasteiger partial charge in [0, 0.05) is 13.0 Å². The van der Waals surface area contributed by atoms with Crippen molar-refractivity contribution in [2.45, 2.75) is 32.6 Å². The van der Waals surface area contributed by atoms with E-state index in [4.69, 9.17) is 5.11 Å². The number of hydrogen-bond donors (Lipinski definition) is 2. The van der Waals surface area contributed by atoms with Gasteiger partial charge in [-0.15, -0.1) is 11.3 Å². The Balaban J connectivity index is 2.13. The largest absolute Gasteiger partial charge is 0.481 e. The molecule has 0 spiro atoms. The van der Waals surface area contributed by atoms with Gasteiger partial charge in [-0.1, -0.05) is 6.42 Å². The third-order valence-corrected chi connectivity index (χ3v) is 3.44. The number of amides is 1. The summed E-state index contributed by atoms with van der Waals surface area (Å²) in [6.45, 7) is 2.52. The molecule has 0 unspecified atom stereocenters. The molecular formula is C12H17NO3S. The van der Waals surface area contributed by atoms with Crippen molar-refractivity contribution in [2.24, 2.45) is 0 Å². The van der Waals surface area contributed by atoms with Crippen LogP contribution in [0.5, 0.6) is 0 Å². The molecule has 0 saturated carbocycles. The fourth-order valence-electron chi connectivity index (χ4n) is 1.47. The number of carbonyl (C=O) groups excluding carboxylic acids is 1. The molecule has 0 aliphatic rings. The van der Waals surface area contributed by atoms with Crippen molar-refractivity contribution in [1.82, 2.24) is 5.32 Å². The number of hydrogen-bond acceptors (Lipinski definition) is 3. The quantitative estimate of drug-likeness (QED) is 0.735. The molecule has 0 fully saturated rings. The van der Waals surface area contributed by atoms with Crippen LogP contribution in [0.25, 0.3) is 0 Å². The SMILES string of the molecule is Cc1ccsc1C(=O)NCCCCCC(=O)O. The summed E-state index contributed by atoms with van der Waals surface area (Å²) in [5, 5.41) is 13.2. The summed E-state index contributed by atoms with van der Waals surface area (Å²) in [7, 11) is 0. The molecule has 5 heteroatoms. The van der Waals surface area contributed by atoms with Gasteiger partial charge in [-0.05, 0) is 36.8 Å². The lowest BCUT2D eigenvalue weighted by molar-refractivity contribution is -0.137. The summed E-state index contributed by atoms with van der Waals surface area (Å²) in [5.41, 5.74) is 0.998. The number of carboxylic acids is 1. The Morgan fingerprint density at radius 1 is 1.35 bits per heavy atom. The number of nitrogens with one attached hydrogen (secondary N) is 1. The fraction of sp³-hybridized carbons (Fsp3) is 0.500. The minimum absolute atomic E-state index is 0.0317. The Morgan fingerprint density at radius 2 is 2.12 bits per heavy atom. The van der Waals surface area contributed by atoms with E-state index in [-0.39, 0.29) is 12.3 Å². The minimum atomic E-state index is -0.761. The standard InChI is InChI=1S/C12H17NO3S/c1-9-6-8-17-11(9)12(16)13-7-4-2-3-5-10(14)15/h6,8H,2-5,7H2,1H3,(H,13,16)(H,14,15). The van der Waals surface area contributed by atoms with Crippen molar-refractivity contribution in [3.8, 4) is 0 Å². The first kappa shape index (κ1) is 13.7. The zero-order valence-corrected chi connectivity index (χ0v) is 10.7. The van der Waals surface area contributed by atoms with Crippen LogP contribution in [0.15, 0.2) is 11.4 Å². The first-order chi connectivity index (χ1) is 8.11. The summed E-state index contributed by atoms with van der Waals surface area (Å²) in [6, 6.07) is 1.92. The number of thiophene rings is 1. The molecule has 1 aromatic rings. The molecule has 1 rings (SSSR count). The van der Waals surface area contributed by atoms with Crippen LogP contribution in [0, 0.1) is 6.92 Å². The number of aliphatic carboxylic acids is 1. The molecular weight excluding hydrogens is 238 g/mol. The first-order valence-corrected chi connectivity index (χ1v) is 6.53. The number of aryl methyl sites for hydroxylation is 1. The molecule has 0 saturated heterocycles. The van der Waals surface area contributed by atoms with E-state index in [2.05, 4.69) is 5.32 Å². The molecule has 1 amide bonds. The number of carboxylic acid groups (broad SMARTS) is 1. The molecule has 0 aliphatic heterocycles. The summed E-state index contributed by atoms with van der Waals surface area (Å²) < 4.78 is 0. The van der Waals surface area contributed by atoms with Crippen molar-refractivity contribution in [2.75, 3.05) is 6.54 Å². The average Bonchev–Trinajstić information content (AvgIpc) is 2.69. The molecule has 0 bridgehead atoms. The predicted molar refractivity (Wildman–Crippen MR) is 67.5 cm³/mol. The van der Waals surface area contributed by atoms with Gasteiger partial charge in [0.25, 0.3) is 5.91 Å². The molecule has 1 heterocycles. The Kier molecular flexibility index (Phi) is 5.69. The average molecular weight is 255 g/mol. The summed E-state index contributed by atoms with van der Waals surface area (Å²) >= 11 is 1.44. The van der Waals surface area contributed by atoms with Crippen LogP contribution < -0.4 is 5.32 Å². The third kappa shape index (κ3) is 4.99. The molecule has 94 valence electrons. The predicted octanol–water partition coefficient (Wildman–Crippen LogP) is 2.43. The second kappa shape index (κ2) is 7.06. The molecule has 2 N–H and O–H groups in total. The summed E-state index contributed by atoms with van der Waals surface area (Å²) in [4.78, 5) is 22.7. The van der Waals surface area contributed by atoms with Crippen LogP contribution in [-0.4, -0.2) is 23.5 Å². The van der Waals surface area contributed by atoms with Crippen LogP contribution in [-0.2, 0) is 4.79 Å². The van der Waals surface area contributed by atoms with E-state index in [0.717, 1.165) is 23.3 Å². The van der Waals surface area contributed by atoms with E-state index in [1.165, 1.54) is 11.3 Å². The highest BCUT2D eigenvalue weighted by atomic mass is 32.1. The zero-order chi connectivity index (χ0) is 12.7. The van der Waals surface area contributed by atoms with Gasteiger partial charge in [-0.3, -0.25) is 9.59 Å². The molecule has 0 atom stereocenters. The van der Waals surface area contributed by atoms with Gasteiger partial charge < -0.3 is 10.4 Å². The molecule has 0 aromatic carbocycles. The second-order valence-electron chi connectivity index (χ2n) is 3.89. The van der Waals surface area contributed by atoms with Gasteiger partial charge in [-0.25, -0.2) is 0 Å². The highest BCUT2D eigenvalue weighted by Gasteiger charge is 2.08. The summed E-state index contributed by atoms with van der Waals surface area (Å²) in [6.07, 6.45) is 2.53. The van der Waals surface area contributed by atoms with Crippen molar-refractivity contribution in [1.29, 1.82) is 0 Å². The minimum Gasteiger partial charge on any atom is -0.481 e. The Labute approximate surface area is 105 Å². The topological polar surface area (TPSA) is 66.4 Å². The molecule has 4 nitrogen and oxygen atoms in total. The van der Waals surface area contributed by atoms with Gasteiger partial charge in [-0.2, -0.15) is 0 Å². The van der Waals surface area contributed by atoms with Gasteiger partial charge in [0.15, 0.2) is 0 Å². The highest BCUT2D eigenvalue weighted by Crippen LogP contribution is 2.14. The lowest BCUT2D eigenvalue weighted by Crippen LogP contribution is -2.24. The van der Waals surface area contributed by atoms with Gasteiger partial charge >= 0.3 is 5.97 Å². The van der Waals surface area contributed by atoms with E-state index in [0.29, 0.717) is 13.0 Å². The Morgan fingerprint density at radius 3 is 2.71 bits per heavy atom.